The van der Waals surface area contributed by atoms with Gasteiger partial charge in [-0.1, -0.05) is 60.7 Å². The number of pyridine rings is 1. The van der Waals surface area contributed by atoms with Crippen molar-refractivity contribution in [2.45, 2.75) is 129 Å². The molecule has 70 heavy (non-hydrogen) atoms. The molecule has 0 spiro atoms. The highest BCUT2D eigenvalue weighted by Crippen LogP contribution is 2.27. The van der Waals surface area contributed by atoms with Crippen LogP contribution in [0, 0.1) is 11.8 Å². The standard InChI is InChI=1S/C51H69N7O12/c1-50(2,3)69-46(61)55-29-36-14-10-13-35(27-36)28-53-44(59)38-17-22-57(23-18-38)48(63)67-33-41-43(66-32-34-11-8-7-9-12-34)40(21-26-65-41)68-49(64)58-24-19-39(20-25-58)45(60)54-31-37-15-16-42(52-30-37)56-47(62)70-51(4,5)6/h7-16,27,30,38-41,43H,17-26,28-29,31-33H2,1-6H3,(H,53,59)(H,54,60)(H,55,61)(H,52,56,62)/t40-,41-,43+/m1/s1. The van der Waals surface area contributed by atoms with Gasteiger partial charge >= 0.3 is 24.4 Å². The van der Waals surface area contributed by atoms with Crippen molar-refractivity contribution < 1.29 is 57.2 Å². The van der Waals surface area contributed by atoms with Gasteiger partial charge in [-0.25, -0.2) is 24.2 Å². The Morgan fingerprint density at radius 2 is 1.20 bits per heavy atom. The molecule has 0 aliphatic carbocycles. The van der Waals surface area contributed by atoms with E-state index in [1.165, 1.54) is 0 Å². The number of hydrogen-bond acceptors (Lipinski definition) is 13. The molecule has 19 nitrogen and oxygen atoms in total. The van der Waals surface area contributed by atoms with E-state index in [0.717, 1.165) is 22.3 Å². The maximum atomic E-state index is 13.6. The van der Waals surface area contributed by atoms with Crippen molar-refractivity contribution in [3.63, 3.8) is 0 Å². The summed E-state index contributed by atoms with van der Waals surface area (Å²) in [5.41, 5.74) is 2.19. The topological polar surface area (TPSA) is 225 Å². The van der Waals surface area contributed by atoms with E-state index in [4.69, 9.17) is 28.4 Å². The Labute approximate surface area is 410 Å². The second-order valence-corrected chi connectivity index (χ2v) is 19.8. The minimum atomic E-state index is -0.748. The number of benzene rings is 2. The van der Waals surface area contributed by atoms with Crippen LogP contribution < -0.4 is 21.3 Å². The number of amides is 6. The second-order valence-electron chi connectivity index (χ2n) is 19.8. The fourth-order valence-electron chi connectivity index (χ4n) is 8.20. The molecule has 4 N–H and O–H groups in total. The van der Waals surface area contributed by atoms with Crippen LogP contribution in [0.25, 0.3) is 0 Å². The van der Waals surface area contributed by atoms with Crippen LogP contribution >= 0.6 is 0 Å². The van der Waals surface area contributed by atoms with Crippen LogP contribution in [0.5, 0.6) is 0 Å². The SMILES string of the molecule is CC(C)(C)OC(=O)NCc1cccc(CNC(=O)C2CCN(C(=O)OC[C@H]3OCC[C@@H](OC(=O)N4CCC(C(=O)NCc5ccc(NC(=O)OC(C)(C)C)nc5)CC4)[C@@H]3OCc3ccccc3)CC2)c1. The summed E-state index contributed by atoms with van der Waals surface area (Å²) < 4.78 is 34.9. The van der Waals surface area contributed by atoms with E-state index >= 15 is 0 Å². The number of ether oxygens (including phenoxy) is 6. The molecule has 0 radical (unpaired) electrons. The Kier molecular flexibility index (Phi) is 18.8. The molecule has 2 aromatic carbocycles. The Bertz CT molecular complexity index is 2220. The zero-order valence-corrected chi connectivity index (χ0v) is 41.2. The monoisotopic (exact) mass is 972 g/mol. The van der Waals surface area contributed by atoms with E-state index in [2.05, 4.69) is 26.3 Å². The van der Waals surface area contributed by atoms with Gasteiger partial charge in [0.05, 0.1) is 13.2 Å². The van der Waals surface area contributed by atoms with Crippen molar-refractivity contribution in [3.05, 3.63) is 95.2 Å². The number of carbonyl (C=O) groups excluding carboxylic acids is 6. The zero-order valence-electron chi connectivity index (χ0n) is 41.2. The van der Waals surface area contributed by atoms with Gasteiger partial charge in [-0.05, 0) is 95.5 Å². The lowest BCUT2D eigenvalue weighted by molar-refractivity contribution is -0.178. The number of alkyl carbamates (subject to hydrolysis) is 1. The van der Waals surface area contributed by atoms with Gasteiger partial charge in [0.1, 0.15) is 41.9 Å². The lowest BCUT2D eigenvalue weighted by Crippen LogP contribution is -2.52. The first-order valence-corrected chi connectivity index (χ1v) is 24.1. The van der Waals surface area contributed by atoms with E-state index in [1.54, 1.807) is 69.7 Å². The Morgan fingerprint density at radius 1 is 0.643 bits per heavy atom. The van der Waals surface area contributed by atoms with E-state index < -0.39 is 53.9 Å². The third kappa shape index (κ3) is 17.2. The summed E-state index contributed by atoms with van der Waals surface area (Å²) in [7, 11) is 0. The summed E-state index contributed by atoms with van der Waals surface area (Å²) in [5.74, 6) is -0.469. The summed E-state index contributed by atoms with van der Waals surface area (Å²) >= 11 is 0. The molecule has 6 rings (SSSR count). The van der Waals surface area contributed by atoms with Crippen LogP contribution in [0.4, 0.5) is 25.0 Å². The Morgan fingerprint density at radius 3 is 1.79 bits per heavy atom. The van der Waals surface area contributed by atoms with Crippen LogP contribution in [0.1, 0.15) is 95.9 Å². The summed E-state index contributed by atoms with van der Waals surface area (Å²) in [6, 6.07) is 20.5. The molecule has 0 bridgehead atoms. The summed E-state index contributed by atoms with van der Waals surface area (Å²) in [5, 5.41) is 11.3. The van der Waals surface area contributed by atoms with Crippen LogP contribution in [-0.4, -0.2) is 120 Å². The average molecular weight is 972 g/mol. The molecule has 0 unspecified atom stereocenters. The molecule has 6 amide bonds. The van der Waals surface area contributed by atoms with Crippen molar-refractivity contribution in [1.82, 2.24) is 30.7 Å². The average Bonchev–Trinajstić information content (AvgIpc) is 3.33. The Hall–Kier alpha value is -6.47. The molecular formula is C51H69N7O12. The highest BCUT2D eigenvalue weighted by molar-refractivity contribution is 5.83. The molecule has 1 aromatic heterocycles. The first-order valence-electron chi connectivity index (χ1n) is 24.1. The third-order valence-electron chi connectivity index (χ3n) is 11.8. The number of hydrogen-bond donors (Lipinski definition) is 4. The fourth-order valence-corrected chi connectivity index (χ4v) is 8.20. The maximum absolute atomic E-state index is 13.6. The first-order chi connectivity index (χ1) is 33.4. The van der Waals surface area contributed by atoms with Crippen molar-refractivity contribution >= 4 is 42.0 Å². The van der Waals surface area contributed by atoms with Gasteiger partial charge in [0, 0.05) is 70.3 Å². The van der Waals surface area contributed by atoms with Crippen molar-refractivity contribution in [3.8, 4) is 0 Å². The van der Waals surface area contributed by atoms with Gasteiger partial charge in [0.15, 0.2) is 0 Å². The molecule has 4 heterocycles. The number of piperidine rings is 2. The summed E-state index contributed by atoms with van der Waals surface area (Å²) in [6.07, 6.45) is -0.558. The minimum absolute atomic E-state index is 0.0978. The molecule has 380 valence electrons. The lowest BCUT2D eigenvalue weighted by Gasteiger charge is -2.39. The van der Waals surface area contributed by atoms with Crippen molar-refractivity contribution in [1.29, 1.82) is 0 Å². The van der Waals surface area contributed by atoms with E-state index in [-0.39, 0.29) is 56.6 Å². The maximum Gasteiger partial charge on any atom is 0.413 e. The number of aromatic nitrogens is 1. The molecule has 3 atom stereocenters. The number of anilines is 1. The van der Waals surface area contributed by atoms with E-state index in [0.29, 0.717) is 70.6 Å². The lowest BCUT2D eigenvalue weighted by atomic mass is 9.96. The largest absolute Gasteiger partial charge is 0.447 e. The molecule has 3 saturated heterocycles. The van der Waals surface area contributed by atoms with E-state index in [9.17, 15) is 28.8 Å². The number of rotatable bonds is 15. The highest BCUT2D eigenvalue weighted by atomic mass is 16.6. The first kappa shape index (κ1) is 52.9. The fraction of sp³-hybridized carbons (Fsp3) is 0.549. The van der Waals surface area contributed by atoms with Crippen LogP contribution in [0.15, 0.2) is 72.9 Å². The number of carbonyl (C=O) groups is 6. The highest BCUT2D eigenvalue weighted by Gasteiger charge is 2.41. The molecule has 3 fully saturated rings. The molecule has 3 aliphatic heterocycles. The van der Waals surface area contributed by atoms with Gasteiger partial charge in [0.25, 0.3) is 0 Å². The second kappa shape index (κ2) is 24.9. The van der Waals surface area contributed by atoms with Gasteiger partial charge in [0.2, 0.25) is 11.8 Å². The number of nitrogens with one attached hydrogen (secondary N) is 4. The molecule has 19 heteroatoms. The molecule has 3 aromatic rings. The summed E-state index contributed by atoms with van der Waals surface area (Å²) in [4.78, 5) is 84.8. The third-order valence-corrected chi connectivity index (χ3v) is 11.8. The van der Waals surface area contributed by atoms with Crippen molar-refractivity contribution in [2.24, 2.45) is 11.8 Å². The quantitative estimate of drug-likeness (QED) is 0.115. The summed E-state index contributed by atoms with van der Waals surface area (Å²) in [6.45, 7) is 13.2. The zero-order chi connectivity index (χ0) is 50.3. The normalized spacial score (nSPS) is 19.0. The van der Waals surface area contributed by atoms with E-state index in [1.807, 2.05) is 54.6 Å². The Balaban J connectivity index is 0.932. The van der Waals surface area contributed by atoms with Crippen LogP contribution in [0.3, 0.4) is 0 Å². The predicted octanol–water partition coefficient (Wildman–Crippen LogP) is 6.83. The number of nitrogens with zero attached hydrogens (tertiary/aromatic N) is 3. The number of likely N-dealkylation sites (tertiary alicyclic amines) is 2. The minimum Gasteiger partial charge on any atom is -0.447 e. The van der Waals surface area contributed by atoms with Gasteiger partial charge in [-0.2, -0.15) is 0 Å². The van der Waals surface area contributed by atoms with Gasteiger partial charge in [-0.3, -0.25) is 14.9 Å². The van der Waals surface area contributed by atoms with Crippen molar-refractivity contribution in [2.75, 3.05) is 44.7 Å². The predicted molar refractivity (Wildman–Crippen MR) is 257 cm³/mol. The van der Waals surface area contributed by atoms with Gasteiger partial charge < -0.3 is 54.2 Å². The van der Waals surface area contributed by atoms with Crippen LogP contribution in [0.2, 0.25) is 0 Å². The van der Waals surface area contributed by atoms with Crippen LogP contribution in [-0.2, 0) is 64.3 Å². The molecular weight excluding hydrogens is 903 g/mol. The molecule has 0 saturated carbocycles. The smallest absolute Gasteiger partial charge is 0.413 e. The molecule has 3 aliphatic rings. The van der Waals surface area contributed by atoms with Gasteiger partial charge in [-0.15, -0.1) is 0 Å².